The molecule has 2 aromatic rings. The minimum Gasteiger partial charge on any atom is -0.463 e. The molecule has 0 bridgehead atoms. The maximum absolute atomic E-state index is 11.6. The first-order chi connectivity index (χ1) is 9.70. The molecule has 0 fully saturated rings. The molecule has 0 saturated heterocycles. The third-order valence-corrected chi connectivity index (χ3v) is 2.57. The lowest BCUT2D eigenvalue weighted by Crippen LogP contribution is -2.06. The van der Waals surface area contributed by atoms with E-state index in [2.05, 4.69) is 5.32 Å². The molecule has 5 heteroatoms. The Morgan fingerprint density at radius 1 is 1.35 bits per heavy atom. The summed E-state index contributed by atoms with van der Waals surface area (Å²) in [5.74, 6) is 0.0854. The standard InChI is InChI=1S/C15H16N2O3/c1-2-19-15(18)10-13(14-8-5-9-20-14)17-12-7-4-3-6-11(12)16/h3-10,17H,2,16H2,1H3/b13-10+. The number of furan rings is 1. The first-order valence-electron chi connectivity index (χ1n) is 6.24. The summed E-state index contributed by atoms with van der Waals surface area (Å²) >= 11 is 0. The van der Waals surface area contributed by atoms with E-state index in [9.17, 15) is 4.79 Å². The van der Waals surface area contributed by atoms with Gasteiger partial charge in [-0.25, -0.2) is 4.79 Å². The Balaban J connectivity index is 2.29. The Labute approximate surface area is 117 Å². The molecule has 0 spiro atoms. The largest absolute Gasteiger partial charge is 0.463 e. The van der Waals surface area contributed by atoms with Crippen LogP contribution in [0, 0.1) is 0 Å². The molecule has 1 aromatic carbocycles. The van der Waals surface area contributed by atoms with Crippen molar-refractivity contribution in [2.45, 2.75) is 6.92 Å². The summed E-state index contributed by atoms with van der Waals surface area (Å²) < 4.78 is 10.2. The lowest BCUT2D eigenvalue weighted by atomic mass is 10.2. The number of anilines is 2. The van der Waals surface area contributed by atoms with E-state index in [1.165, 1.54) is 12.3 Å². The Bertz CT molecular complexity index is 603. The quantitative estimate of drug-likeness (QED) is 0.497. The zero-order chi connectivity index (χ0) is 14.4. The van der Waals surface area contributed by atoms with E-state index in [1.54, 1.807) is 25.1 Å². The normalized spacial score (nSPS) is 11.2. The molecule has 0 aliphatic heterocycles. The van der Waals surface area contributed by atoms with Gasteiger partial charge in [-0.15, -0.1) is 0 Å². The van der Waals surface area contributed by atoms with Gasteiger partial charge in [-0.1, -0.05) is 12.1 Å². The van der Waals surface area contributed by atoms with E-state index in [1.807, 2.05) is 18.2 Å². The number of benzene rings is 1. The number of hydrogen-bond acceptors (Lipinski definition) is 5. The van der Waals surface area contributed by atoms with Crippen LogP contribution in [0.5, 0.6) is 0 Å². The second-order valence-electron chi connectivity index (χ2n) is 4.00. The van der Waals surface area contributed by atoms with E-state index in [4.69, 9.17) is 14.9 Å². The van der Waals surface area contributed by atoms with Crippen molar-refractivity contribution < 1.29 is 13.9 Å². The summed E-state index contributed by atoms with van der Waals surface area (Å²) in [7, 11) is 0. The summed E-state index contributed by atoms with van der Waals surface area (Å²) in [5.41, 5.74) is 7.64. The van der Waals surface area contributed by atoms with E-state index in [-0.39, 0.29) is 0 Å². The van der Waals surface area contributed by atoms with Crippen LogP contribution in [0.2, 0.25) is 0 Å². The van der Waals surface area contributed by atoms with Crippen molar-refractivity contribution in [2.24, 2.45) is 0 Å². The van der Waals surface area contributed by atoms with Crippen LogP contribution >= 0.6 is 0 Å². The molecule has 3 N–H and O–H groups in total. The Morgan fingerprint density at radius 3 is 2.80 bits per heavy atom. The van der Waals surface area contributed by atoms with E-state index in [0.717, 1.165) is 0 Å². The van der Waals surface area contributed by atoms with Crippen LogP contribution in [0.4, 0.5) is 11.4 Å². The number of para-hydroxylation sites is 2. The van der Waals surface area contributed by atoms with Crippen molar-refractivity contribution in [3.8, 4) is 0 Å². The fourth-order valence-electron chi connectivity index (χ4n) is 1.66. The number of esters is 1. The third kappa shape index (κ3) is 3.41. The fraction of sp³-hybridized carbons (Fsp3) is 0.133. The maximum Gasteiger partial charge on any atom is 0.332 e. The molecule has 0 unspecified atom stereocenters. The fourth-order valence-corrected chi connectivity index (χ4v) is 1.66. The highest BCUT2D eigenvalue weighted by Crippen LogP contribution is 2.23. The molecular formula is C15H16N2O3. The van der Waals surface area contributed by atoms with Crippen molar-refractivity contribution in [2.75, 3.05) is 17.7 Å². The van der Waals surface area contributed by atoms with Gasteiger partial charge in [-0.2, -0.15) is 0 Å². The van der Waals surface area contributed by atoms with Crippen molar-refractivity contribution in [1.29, 1.82) is 0 Å². The number of carbonyl (C=O) groups excluding carboxylic acids is 1. The highest BCUT2D eigenvalue weighted by atomic mass is 16.5. The monoisotopic (exact) mass is 272 g/mol. The molecule has 0 radical (unpaired) electrons. The molecule has 0 aliphatic carbocycles. The van der Waals surface area contributed by atoms with E-state index < -0.39 is 5.97 Å². The zero-order valence-corrected chi connectivity index (χ0v) is 11.1. The Hall–Kier alpha value is -2.69. The number of hydrogen-bond donors (Lipinski definition) is 2. The van der Waals surface area contributed by atoms with Crippen LogP contribution in [0.1, 0.15) is 12.7 Å². The molecular weight excluding hydrogens is 256 g/mol. The predicted octanol–water partition coefficient (Wildman–Crippen LogP) is 2.88. The minimum absolute atomic E-state index is 0.314. The lowest BCUT2D eigenvalue weighted by Gasteiger charge is -2.11. The SMILES string of the molecule is CCOC(=O)/C=C(/Nc1ccccc1N)c1ccco1. The van der Waals surface area contributed by atoms with Gasteiger partial charge in [-0.05, 0) is 31.2 Å². The Morgan fingerprint density at radius 2 is 2.15 bits per heavy atom. The molecule has 1 aromatic heterocycles. The number of carbonyl (C=O) groups is 1. The molecule has 0 amide bonds. The van der Waals surface area contributed by atoms with E-state index in [0.29, 0.717) is 29.4 Å². The van der Waals surface area contributed by atoms with E-state index >= 15 is 0 Å². The highest BCUT2D eigenvalue weighted by molar-refractivity contribution is 5.94. The average molecular weight is 272 g/mol. The number of rotatable bonds is 5. The van der Waals surface area contributed by atoms with Crippen molar-refractivity contribution in [1.82, 2.24) is 0 Å². The van der Waals surface area contributed by atoms with Crippen LogP contribution in [-0.4, -0.2) is 12.6 Å². The van der Waals surface area contributed by atoms with Gasteiger partial charge in [0.05, 0.1) is 36.0 Å². The first kappa shape index (κ1) is 13.7. The van der Waals surface area contributed by atoms with Crippen LogP contribution in [0.25, 0.3) is 5.70 Å². The predicted molar refractivity (Wildman–Crippen MR) is 77.8 cm³/mol. The molecule has 5 nitrogen and oxygen atoms in total. The molecule has 0 aliphatic rings. The van der Waals surface area contributed by atoms with Gasteiger partial charge in [-0.3, -0.25) is 0 Å². The topological polar surface area (TPSA) is 77.5 Å². The summed E-state index contributed by atoms with van der Waals surface area (Å²) in [5, 5.41) is 3.08. The van der Waals surface area contributed by atoms with Gasteiger partial charge >= 0.3 is 5.97 Å². The first-order valence-corrected chi connectivity index (χ1v) is 6.24. The van der Waals surface area contributed by atoms with Gasteiger partial charge in [0.25, 0.3) is 0 Å². The molecule has 0 atom stereocenters. The van der Waals surface area contributed by atoms with Crippen LogP contribution in [0.3, 0.4) is 0 Å². The Kier molecular flexibility index (Phi) is 4.44. The number of nitrogens with one attached hydrogen (secondary N) is 1. The molecule has 1 heterocycles. The highest BCUT2D eigenvalue weighted by Gasteiger charge is 2.10. The summed E-state index contributed by atoms with van der Waals surface area (Å²) in [4.78, 5) is 11.6. The molecule has 2 rings (SSSR count). The zero-order valence-electron chi connectivity index (χ0n) is 11.1. The number of nitrogens with two attached hydrogens (primary N) is 1. The van der Waals surface area contributed by atoms with Crippen LogP contribution in [0.15, 0.2) is 53.2 Å². The minimum atomic E-state index is -0.444. The van der Waals surface area contributed by atoms with Crippen molar-refractivity contribution >= 4 is 23.0 Å². The number of nitrogen functional groups attached to an aromatic ring is 1. The third-order valence-electron chi connectivity index (χ3n) is 2.57. The molecule has 20 heavy (non-hydrogen) atoms. The smallest absolute Gasteiger partial charge is 0.332 e. The summed E-state index contributed by atoms with van der Waals surface area (Å²) in [6.45, 7) is 2.06. The number of ether oxygens (including phenoxy) is 1. The van der Waals surface area contributed by atoms with Gasteiger partial charge < -0.3 is 20.2 Å². The summed E-state index contributed by atoms with van der Waals surface area (Å²) in [6, 6.07) is 10.8. The van der Waals surface area contributed by atoms with Gasteiger partial charge in [0, 0.05) is 0 Å². The summed E-state index contributed by atoms with van der Waals surface area (Å²) in [6.07, 6.45) is 2.87. The van der Waals surface area contributed by atoms with Gasteiger partial charge in [0.15, 0.2) is 0 Å². The van der Waals surface area contributed by atoms with Crippen LogP contribution in [-0.2, 0) is 9.53 Å². The average Bonchev–Trinajstić information content (AvgIpc) is 2.94. The maximum atomic E-state index is 11.6. The molecule has 104 valence electrons. The van der Waals surface area contributed by atoms with Gasteiger partial charge in [0.1, 0.15) is 5.76 Å². The van der Waals surface area contributed by atoms with Crippen molar-refractivity contribution in [3.63, 3.8) is 0 Å². The van der Waals surface area contributed by atoms with Crippen LogP contribution < -0.4 is 11.1 Å². The second kappa shape index (κ2) is 6.47. The second-order valence-corrected chi connectivity index (χ2v) is 4.00. The van der Waals surface area contributed by atoms with Crippen molar-refractivity contribution in [3.05, 3.63) is 54.5 Å². The lowest BCUT2D eigenvalue weighted by molar-refractivity contribution is -0.137. The van der Waals surface area contributed by atoms with Gasteiger partial charge in [0.2, 0.25) is 0 Å². The molecule has 0 saturated carbocycles.